The van der Waals surface area contributed by atoms with Crippen LogP contribution in [0.25, 0.3) is 0 Å². The van der Waals surface area contributed by atoms with Crippen LogP contribution in [-0.2, 0) is 10.0 Å². The van der Waals surface area contributed by atoms with Gasteiger partial charge in [0.05, 0.1) is 4.90 Å². The van der Waals surface area contributed by atoms with Gasteiger partial charge in [0.2, 0.25) is 10.0 Å². The normalized spacial score (nSPS) is 28.5. The van der Waals surface area contributed by atoms with Crippen molar-refractivity contribution in [2.45, 2.75) is 24.2 Å². The van der Waals surface area contributed by atoms with Gasteiger partial charge in [0.25, 0.3) is 0 Å². The van der Waals surface area contributed by atoms with E-state index in [1.807, 2.05) is 0 Å². The molecule has 0 aromatic heterocycles. The highest BCUT2D eigenvalue weighted by Crippen LogP contribution is 2.39. The molecular weight excluding hydrogens is 314 g/mol. The highest BCUT2D eigenvalue weighted by atomic mass is 79.9. The molecule has 18 heavy (non-hydrogen) atoms. The van der Waals surface area contributed by atoms with Crippen molar-refractivity contribution in [2.24, 2.45) is 11.8 Å². The fourth-order valence-corrected chi connectivity index (χ4v) is 4.96. The smallest absolute Gasteiger partial charge is 0.207 e. The van der Waals surface area contributed by atoms with Gasteiger partial charge in [-0.1, -0.05) is 22.4 Å². The summed E-state index contributed by atoms with van der Waals surface area (Å²) in [4.78, 5) is 0.408. The maximum atomic E-state index is 12.5. The van der Waals surface area contributed by atoms with E-state index in [1.165, 1.54) is 19.3 Å². The number of halogens is 1. The summed E-state index contributed by atoms with van der Waals surface area (Å²) in [6, 6.07) is 6.91. The third-order valence-corrected chi connectivity index (χ3v) is 6.52. The maximum absolute atomic E-state index is 12.5. The molecule has 1 aromatic rings. The van der Waals surface area contributed by atoms with E-state index < -0.39 is 10.0 Å². The molecule has 3 rings (SSSR count). The molecule has 1 saturated heterocycles. The molecule has 0 spiro atoms. The summed E-state index contributed by atoms with van der Waals surface area (Å²) in [7, 11) is -3.29. The molecule has 2 fully saturated rings. The molecule has 0 radical (unpaired) electrons. The summed E-state index contributed by atoms with van der Waals surface area (Å²) >= 11 is 3.33. The van der Waals surface area contributed by atoms with Crippen molar-refractivity contribution in [3.63, 3.8) is 0 Å². The third-order valence-electron chi connectivity index (χ3n) is 4.14. The monoisotopic (exact) mass is 329 g/mol. The predicted molar refractivity (Wildman–Crippen MR) is 73.7 cm³/mol. The number of fused-ring (bicyclic) bond motifs is 1. The van der Waals surface area contributed by atoms with Crippen LogP contribution >= 0.6 is 15.9 Å². The van der Waals surface area contributed by atoms with Gasteiger partial charge in [-0.3, -0.25) is 0 Å². The van der Waals surface area contributed by atoms with Gasteiger partial charge < -0.3 is 0 Å². The van der Waals surface area contributed by atoms with Gasteiger partial charge >= 0.3 is 0 Å². The Hall–Kier alpha value is -0.390. The lowest BCUT2D eigenvalue weighted by Crippen LogP contribution is -2.29. The first-order valence-corrected chi connectivity index (χ1v) is 8.56. The number of sulfonamides is 1. The van der Waals surface area contributed by atoms with Gasteiger partial charge in [-0.05, 0) is 48.9 Å². The second-order valence-corrected chi connectivity index (χ2v) is 8.08. The average Bonchev–Trinajstić information content (AvgIpc) is 2.89. The minimum atomic E-state index is -3.29. The molecule has 5 heteroatoms. The quantitative estimate of drug-likeness (QED) is 0.836. The summed E-state index contributed by atoms with van der Waals surface area (Å²) in [5, 5.41) is 0. The molecule has 1 aromatic carbocycles. The molecule has 98 valence electrons. The number of hydrogen-bond donors (Lipinski definition) is 0. The number of benzene rings is 1. The van der Waals surface area contributed by atoms with Crippen LogP contribution in [0.5, 0.6) is 0 Å². The zero-order chi connectivity index (χ0) is 12.8. The lowest BCUT2D eigenvalue weighted by atomic mass is 10.0. The van der Waals surface area contributed by atoms with Crippen molar-refractivity contribution in [1.29, 1.82) is 0 Å². The first kappa shape index (κ1) is 12.6. The molecule has 1 aliphatic heterocycles. The molecule has 1 aliphatic carbocycles. The zero-order valence-corrected chi connectivity index (χ0v) is 12.5. The maximum Gasteiger partial charge on any atom is 0.243 e. The molecule has 3 nitrogen and oxygen atoms in total. The SMILES string of the molecule is O=S(=O)(c1ccc(Br)cc1)N1CC2CCCC2C1. The van der Waals surface area contributed by atoms with Gasteiger partial charge in [-0.25, -0.2) is 8.42 Å². The van der Waals surface area contributed by atoms with Crippen molar-refractivity contribution in [1.82, 2.24) is 4.31 Å². The number of hydrogen-bond acceptors (Lipinski definition) is 2. The Morgan fingerprint density at radius 2 is 1.61 bits per heavy atom. The van der Waals surface area contributed by atoms with Crippen LogP contribution in [0, 0.1) is 11.8 Å². The summed E-state index contributed by atoms with van der Waals surface area (Å²) in [5.74, 6) is 1.19. The van der Waals surface area contributed by atoms with Crippen LogP contribution < -0.4 is 0 Å². The lowest BCUT2D eigenvalue weighted by Gasteiger charge is -2.17. The highest BCUT2D eigenvalue weighted by Gasteiger charge is 2.41. The van der Waals surface area contributed by atoms with Crippen molar-refractivity contribution in [3.8, 4) is 0 Å². The average molecular weight is 330 g/mol. The van der Waals surface area contributed by atoms with Crippen molar-refractivity contribution in [2.75, 3.05) is 13.1 Å². The van der Waals surface area contributed by atoms with Crippen LogP contribution in [0.2, 0.25) is 0 Å². The topological polar surface area (TPSA) is 37.4 Å². The summed E-state index contributed by atoms with van der Waals surface area (Å²) < 4.78 is 27.5. The van der Waals surface area contributed by atoms with E-state index >= 15 is 0 Å². The zero-order valence-electron chi connectivity index (χ0n) is 10.0. The van der Waals surface area contributed by atoms with Crippen LogP contribution in [0.3, 0.4) is 0 Å². The number of rotatable bonds is 2. The second kappa shape index (κ2) is 4.62. The van der Waals surface area contributed by atoms with E-state index in [9.17, 15) is 8.42 Å². The Morgan fingerprint density at radius 3 is 2.17 bits per heavy atom. The molecule has 0 amide bonds. The standard InChI is InChI=1S/C13H16BrNO2S/c14-12-4-6-13(7-5-12)18(16,17)15-8-10-2-1-3-11(10)9-15/h4-7,10-11H,1-3,8-9H2. The molecule has 0 bridgehead atoms. The largest absolute Gasteiger partial charge is 0.243 e. The minimum Gasteiger partial charge on any atom is -0.207 e. The Morgan fingerprint density at radius 1 is 1.06 bits per heavy atom. The van der Waals surface area contributed by atoms with Gasteiger partial charge in [0.15, 0.2) is 0 Å². The van der Waals surface area contributed by atoms with E-state index in [1.54, 1.807) is 28.6 Å². The van der Waals surface area contributed by atoms with E-state index in [0.717, 1.165) is 4.47 Å². The predicted octanol–water partition coefficient (Wildman–Crippen LogP) is 2.87. The highest BCUT2D eigenvalue weighted by molar-refractivity contribution is 9.10. The Bertz CT molecular complexity index is 529. The van der Waals surface area contributed by atoms with E-state index in [2.05, 4.69) is 15.9 Å². The fourth-order valence-electron chi connectivity index (χ4n) is 3.14. The Kier molecular flexibility index (Phi) is 3.24. The molecule has 0 N–H and O–H groups in total. The van der Waals surface area contributed by atoms with Crippen LogP contribution in [0.15, 0.2) is 33.6 Å². The summed E-state index contributed by atoms with van der Waals surface area (Å²) in [5.41, 5.74) is 0. The Labute approximate surface area is 116 Å². The van der Waals surface area contributed by atoms with E-state index in [-0.39, 0.29) is 0 Å². The van der Waals surface area contributed by atoms with Crippen LogP contribution in [0.4, 0.5) is 0 Å². The van der Waals surface area contributed by atoms with Crippen molar-refractivity contribution < 1.29 is 8.42 Å². The molecule has 2 aliphatic rings. The van der Waals surface area contributed by atoms with Crippen molar-refractivity contribution >= 4 is 26.0 Å². The van der Waals surface area contributed by atoms with Gasteiger partial charge in [-0.2, -0.15) is 4.31 Å². The Balaban J connectivity index is 1.85. The molecule has 2 atom stereocenters. The molecule has 1 saturated carbocycles. The first-order valence-electron chi connectivity index (χ1n) is 6.33. The first-order chi connectivity index (χ1) is 8.57. The van der Waals surface area contributed by atoms with Gasteiger partial charge in [0.1, 0.15) is 0 Å². The lowest BCUT2D eigenvalue weighted by molar-refractivity contribution is 0.445. The second-order valence-electron chi connectivity index (χ2n) is 5.23. The summed E-state index contributed by atoms with van der Waals surface area (Å²) in [6.45, 7) is 1.42. The minimum absolute atomic E-state index is 0.408. The molecule has 1 heterocycles. The third kappa shape index (κ3) is 2.12. The van der Waals surface area contributed by atoms with Crippen molar-refractivity contribution in [3.05, 3.63) is 28.7 Å². The van der Waals surface area contributed by atoms with Crippen LogP contribution in [0.1, 0.15) is 19.3 Å². The fraction of sp³-hybridized carbons (Fsp3) is 0.538. The van der Waals surface area contributed by atoms with Gasteiger partial charge in [0, 0.05) is 17.6 Å². The van der Waals surface area contributed by atoms with E-state index in [0.29, 0.717) is 29.8 Å². The van der Waals surface area contributed by atoms with Crippen LogP contribution in [-0.4, -0.2) is 25.8 Å². The molecule has 2 unspecified atom stereocenters. The molecular formula is C13H16BrNO2S. The van der Waals surface area contributed by atoms with E-state index in [4.69, 9.17) is 0 Å². The van der Waals surface area contributed by atoms with Gasteiger partial charge in [-0.15, -0.1) is 0 Å². The number of nitrogens with zero attached hydrogens (tertiary/aromatic N) is 1. The summed E-state index contributed by atoms with van der Waals surface area (Å²) in [6.07, 6.45) is 3.65.